The van der Waals surface area contributed by atoms with Crippen molar-refractivity contribution in [1.29, 1.82) is 0 Å². The standard InChI is InChI=1S/C45H28N6S/c1-2-4-44-37(3-1)38-19-22-41(50-45(38)52-44)31-9-17-36(18-10-31)51(34-13-5-29(6-14-34)39-20-11-32-27-46-25-23-42(32)48-39)35-15-7-30(8-16-35)40-21-12-33-28-47-26-24-43(33)49-40/h1-28H. The number of nitrogens with zero attached hydrogens (tertiary/aromatic N) is 6. The van der Waals surface area contributed by atoms with Gasteiger partial charge in [0.25, 0.3) is 0 Å². The molecule has 10 rings (SSSR count). The molecule has 0 aliphatic carbocycles. The lowest BCUT2D eigenvalue weighted by atomic mass is 10.1. The summed E-state index contributed by atoms with van der Waals surface area (Å²) >= 11 is 1.74. The van der Waals surface area contributed by atoms with E-state index in [1.807, 2.05) is 24.5 Å². The predicted octanol–water partition coefficient (Wildman–Crippen LogP) is 11.8. The van der Waals surface area contributed by atoms with Crippen molar-refractivity contribution in [3.63, 3.8) is 0 Å². The highest BCUT2D eigenvalue weighted by Gasteiger charge is 2.15. The van der Waals surface area contributed by atoms with Crippen LogP contribution in [0.2, 0.25) is 0 Å². The van der Waals surface area contributed by atoms with Crippen LogP contribution in [0.5, 0.6) is 0 Å². The van der Waals surface area contributed by atoms with Crippen molar-refractivity contribution >= 4 is 70.5 Å². The van der Waals surface area contributed by atoms with Gasteiger partial charge in [0.1, 0.15) is 4.83 Å². The highest BCUT2D eigenvalue weighted by molar-refractivity contribution is 7.25. The maximum absolute atomic E-state index is 5.07. The molecule has 0 spiro atoms. The van der Waals surface area contributed by atoms with Crippen LogP contribution < -0.4 is 4.90 Å². The van der Waals surface area contributed by atoms with Gasteiger partial charge in [0, 0.05) is 84.8 Å². The molecule has 0 radical (unpaired) electrons. The molecule has 52 heavy (non-hydrogen) atoms. The summed E-state index contributed by atoms with van der Waals surface area (Å²) < 4.78 is 1.26. The molecule has 0 aliphatic heterocycles. The zero-order valence-electron chi connectivity index (χ0n) is 27.8. The summed E-state index contributed by atoms with van der Waals surface area (Å²) in [4.78, 5) is 26.7. The molecule has 0 amide bonds. The first-order valence-electron chi connectivity index (χ1n) is 17.0. The van der Waals surface area contributed by atoms with E-state index in [0.717, 1.165) is 77.5 Å². The fourth-order valence-electron chi connectivity index (χ4n) is 6.81. The molecule has 0 bridgehead atoms. The van der Waals surface area contributed by atoms with E-state index in [2.05, 4.69) is 148 Å². The maximum atomic E-state index is 5.07. The van der Waals surface area contributed by atoms with E-state index in [-0.39, 0.29) is 0 Å². The molecule has 0 saturated carbocycles. The molecule has 6 heterocycles. The van der Waals surface area contributed by atoms with E-state index in [9.17, 15) is 0 Å². The van der Waals surface area contributed by atoms with Gasteiger partial charge in [0.2, 0.25) is 0 Å². The second-order valence-corrected chi connectivity index (χ2v) is 13.7. The Kier molecular flexibility index (Phi) is 7.22. The first kappa shape index (κ1) is 30.0. The van der Waals surface area contributed by atoms with Crippen LogP contribution in [0.25, 0.3) is 75.9 Å². The van der Waals surface area contributed by atoms with Crippen LogP contribution in [-0.2, 0) is 0 Å². The fourth-order valence-corrected chi connectivity index (χ4v) is 7.88. The third kappa shape index (κ3) is 5.41. The highest BCUT2D eigenvalue weighted by Crippen LogP contribution is 2.39. The quantitative estimate of drug-likeness (QED) is 0.174. The van der Waals surface area contributed by atoms with E-state index in [4.69, 9.17) is 15.0 Å². The second kappa shape index (κ2) is 12.5. The molecule has 0 N–H and O–H groups in total. The van der Waals surface area contributed by atoms with E-state index in [0.29, 0.717) is 0 Å². The Labute approximate surface area is 303 Å². The van der Waals surface area contributed by atoms with Gasteiger partial charge in [-0.3, -0.25) is 9.97 Å². The summed E-state index contributed by atoms with van der Waals surface area (Å²) in [6.07, 6.45) is 7.25. The van der Waals surface area contributed by atoms with Crippen molar-refractivity contribution in [2.24, 2.45) is 0 Å². The van der Waals surface area contributed by atoms with Crippen LogP contribution >= 0.6 is 11.3 Å². The first-order chi connectivity index (χ1) is 25.7. The number of benzene rings is 4. The monoisotopic (exact) mass is 684 g/mol. The van der Waals surface area contributed by atoms with Gasteiger partial charge in [-0.05, 0) is 91.0 Å². The summed E-state index contributed by atoms with van der Waals surface area (Å²) in [6.45, 7) is 0. The summed E-state index contributed by atoms with van der Waals surface area (Å²) in [5, 5.41) is 4.50. The zero-order chi connectivity index (χ0) is 34.4. The Hall–Kier alpha value is -6.83. The van der Waals surface area contributed by atoms with Gasteiger partial charge < -0.3 is 4.90 Å². The normalized spacial score (nSPS) is 11.5. The summed E-state index contributed by atoms with van der Waals surface area (Å²) in [6, 6.07) is 50.8. The topological polar surface area (TPSA) is 67.7 Å². The largest absolute Gasteiger partial charge is 0.311 e. The van der Waals surface area contributed by atoms with Crippen LogP contribution in [0.15, 0.2) is 170 Å². The minimum absolute atomic E-state index is 0.923. The summed E-state index contributed by atoms with van der Waals surface area (Å²) in [5.74, 6) is 0. The lowest BCUT2D eigenvalue weighted by Gasteiger charge is -2.26. The Balaban J connectivity index is 1.02. The molecule has 4 aromatic carbocycles. The first-order valence-corrected chi connectivity index (χ1v) is 17.9. The Morgan fingerprint density at radius 1 is 0.404 bits per heavy atom. The number of thiophene rings is 1. The van der Waals surface area contributed by atoms with E-state index in [1.165, 1.54) is 15.5 Å². The molecule has 0 unspecified atom stereocenters. The van der Waals surface area contributed by atoms with Crippen molar-refractivity contribution in [3.8, 4) is 33.8 Å². The molecule has 10 aromatic rings. The fraction of sp³-hybridized carbons (Fsp3) is 0. The smallest absolute Gasteiger partial charge is 0.125 e. The van der Waals surface area contributed by atoms with Gasteiger partial charge >= 0.3 is 0 Å². The van der Waals surface area contributed by atoms with E-state index in [1.54, 1.807) is 23.7 Å². The molecular weight excluding hydrogens is 657 g/mol. The summed E-state index contributed by atoms with van der Waals surface area (Å²) in [5.41, 5.74) is 11.0. The van der Waals surface area contributed by atoms with E-state index < -0.39 is 0 Å². The second-order valence-electron chi connectivity index (χ2n) is 12.7. The van der Waals surface area contributed by atoms with Gasteiger partial charge in [-0.15, -0.1) is 11.3 Å². The molecule has 0 saturated heterocycles. The zero-order valence-corrected chi connectivity index (χ0v) is 28.6. The lowest BCUT2D eigenvalue weighted by Crippen LogP contribution is -2.09. The third-order valence-corrected chi connectivity index (χ3v) is 10.6. The number of aromatic nitrogens is 5. The molecule has 7 heteroatoms. The van der Waals surface area contributed by atoms with Crippen LogP contribution in [-0.4, -0.2) is 24.9 Å². The minimum Gasteiger partial charge on any atom is -0.311 e. The highest BCUT2D eigenvalue weighted by atomic mass is 32.1. The Morgan fingerprint density at radius 3 is 1.42 bits per heavy atom. The third-order valence-electron chi connectivity index (χ3n) is 9.49. The van der Waals surface area contributed by atoms with Crippen molar-refractivity contribution < 1.29 is 0 Å². The lowest BCUT2D eigenvalue weighted by molar-refractivity contribution is 1.27. The van der Waals surface area contributed by atoms with Gasteiger partial charge in [-0.2, -0.15) is 0 Å². The van der Waals surface area contributed by atoms with Crippen LogP contribution in [0, 0.1) is 0 Å². The molecule has 244 valence electrons. The van der Waals surface area contributed by atoms with Gasteiger partial charge in [-0.25, -0.2) is 15.0 Å². The van der Waals surface area contributed by atoms with Gasteiger partial charge in [0.15, 0.2) is 0 Å². The number of hydrogen-bond acceptors (Lipinski definition) is 7. The molecule has 6 aromatic heterocycles. The molecule has 6 nitrogen and oxygen atoms in total. The van der Waals surface area contributed by atoms with Crippen molar-refractivity contribution in [3.05, 3.63) is 170 Å². The predicted molar refractivity (Wildman–Crippen MR) is 214 cm³/mol. The van der Waals surface area contributed by atoms with Crippen LogP contribution in [0.3, 0.4) is 0 Å². The molecule has 0 aliphatic rings. The molecule has 0 fully saturated rings. The number of pyridine rings is 5. The minimum atomic E-state index is 0.923. The van der Waals surface area contributed by atoms with Crippen LogP contribution in [0.1, 0.15) is 0 Å². The van der Waals surface area contributed by atoms with Gasteiger partial charge in [0.05, 0.1) is 28.1 Å². The average Bonchev–Trinajstić information content (AvgIpc) is 3.59. The number of fused-ring (bicyclic) bond motifs is 5. The Bertz CT molecular complexity index is 2780. The number of anilines is 3. The van der Waals surface area contributed by atoms with E-state index >= 15 is 0 Å². The molecular formula is C45H28N6S. The van der Waals surface area contributed by atoms with Crippen molar-refractivity contribution in [2.75, 3.05) is 4.90 Å². The van der Waals surface area contributed by atoms with Gasteiger partial charge in [-0.1, -0.05) is 54.6 Å². The maximum Gasteiger partial charge on any atom is 0.125 e. The van der Waals surface area contributed by atoms with Crippen molar-refractivity contribution in [1.82, 2.24) is 24.9 Å². The van der Waals surface area contributed by atoms with Crippen molar-refractivity contribution in [2.45, 2.75) is 0 Å². The summed E-state index contributed by atoms with van der Waals surface area (Å²) in [7, 11) is 0. The molecule has 0 atom stereocenters. The number of hydrogen-bond donors (Lipinski definition) is 0. The van der Waals surface area contributed by atoms with Crippen LogP contribution in [0.4, 0.5) is 17.1 Å². The number of rotatable bonds is 6. The Morgan fingerprint density at radius 2 is 0.885 bits per heavy atom. The average molecular weight is 685 g/mol. The SMILES string of the molecule is c1ccc2c(c1)sc1nc(-c3ccc(N(c4ccc(-c5ccc6cnccc6n5)cc4)c4ccc(-c5ccc6cnccc6n5)cc4)cc3)ccc12.